The third-order valence-corrected chi connectivity index (χ3v) is 2.70. The first-order valence-electron chi connectivity index (χ1n) is 5.23. The molecule has 2 aromatic heterocycles. The Balaban J connectivity index is 2.34. The van der Waals surface area contributed by atoms with Gasteiger partial charge in [0.1, 0.15) is 17.3 Å². The van der Waals surface area contributed by atoms with Crippen LogP contribution < -0.4 is 0 Å². The van der Waals surface area contributed by atoms with Crippen LogP contribution in [0.4, 0.5) is 13.2 Å². The number of pyridine rings is 1. The van der Waals surface area contributed by atoms with Gasteiger partial charge in [0.25, 0.3) is 0 Å². The van der Waals surface area contributed by atoms with E-state index in [-0.39, 0.29) is 10.9 Å². The first-order chi connectivity index (χ1) is 8.65. The molecule has 0 unspecified atom stereocenters. The summed E-state index contributed by atoms with van der Waals surface area (Å²) < 4.78 is 40.0. The van der Waals surface area contributed by atoms with Gasteiger partial charge in [-0.2, -0.15) is 0 Å². The van der Waals surface area contributed by atoms with Gasteiger partial charge in [-0.15, -0.1) is 0 Å². The molecule has 0 radical (unpaired) electrons. The molecule has 0 amide bonds. The maximum absolute atomic E-state index is 13.6. The molecule has 0 aliphatic carbocycles. The monoisotopic (exact) mass is 248 g/mol. The molecule has 5 heteroatoms. The molecule has 2 heterocycles. The third kappa shape index (κ3) is 1.64. The molecule has 0 saturated heterocycles. The Morgan fingerprint density at radius 3 is 2.44 bits per heavy atom. The number of rotatable bonds is 1. The fourth-order valence-corrected chi connectivity index (χ4v) is 1.97. The van der Waals surface area contributed by atoms with E-state index in [1.54, 1.807) is 0 Å². The average Bonchev–Trinajstić information content (AvgIpc) is 2.70. The van der Waals surface area contributed by atoms with Gasteiger partial charge in [-0.25, -0.2) is 18.2 Å². The molecule has 2 nitrogen and oxygen atoms in total. The molecule has 0 atom stereocenters. The highest BCUT2D eigenvalue weighted by Gasteiger charge is 2.12. The quantitative estimate of drug-likeness (QED) is 0.699. The van der Waals surface area contributed by atoms with Crippen LogP contribution in [0.3, 0.4) is 0 Å². The van der Waals surface area contributed by atoms with Crippen LogP contribution in [-0.2, 0) is 0 Å². The number of H-pyrrole nitrogens is 1. The molecule has 90 valence electrons. The van der Waals surface area contributed by atoms with Gasteiger partial charge < -0.3 is 4.98 Å². The van der Waals surface area contributed by atoms with Gasteiger partial charge in [-0.1, -0.05) is 0 Å². The van der Waals surface area contributed by atoms with E-state index in [9.17, 15) is 13.2 Å². The molecule has 1 N–H and O–H groups in total. The summed E-state index contributed by atoms with van der Waals surface area (Å²) >= 11 is 0. The molecule has 0 spiro atoms. The van der Waals surface area contributed by atoms with Crippen LogP contribution in [0.15, 0.2) is 36.7 Å². The van der Waals surface area contributed by atoms with Crippen molar-refractivity contribution < 1.29 is 13.2 Å². The van der Waals surface area contributed by atoms with E-state index in [1.165, 1.54) is 12.3 Å². The fraction of sp³-hybridized carbons (Fsp3) is 0. The zero-order valence-corrected chi connectivity index (χ0v) is 9.05. The average molecular weight is 248 g/mol. The summed E-state index contributed by atoms with van der Waals surface area (Å²) in [6, 6.07) is 4.61. The molecule has 0 bridgehead atoms. The summed E-state index contributed by atoms with van der Waals surface area (Å²) in [5, 5.41) is 0.225. The van der Waals surface area contributed by atoms with Crippen molar-refractivity contribution in [3.8, 4) is 11.1 Å². The molecule has 3 rings (SSSR count). The fourth-order valence-electron chi connectivity index (χ4n) is 1.97. The predicted molar refractivity (Wildman–Crippen MR) is 61.4 cm³/mol. The van der Waals surface area contributed by atoms with Crippen LogP contribution in [0.25, 0.3) is 22.2 Å². The second-order valence-corrected chi connectivity index (χ2v) is 3.88. The van der Waals surface area contributed by atoms with Gasteiger partial charge in [-0.3, -0.25) is 0 Å². The van der Waals surface area contributed by atoms with Crippen molar-refractivity contribution in [2.24, 2.45) is 0 Å². The number of hydrogen-bond acceptors (Lipinski definition) is 1. The van der Waals surface area contributed by atoms with Crippen molar-refractivity contribution in [1.29, 1.82) is 0 Å². The molecule has 18 heavy (non-hydrogen) atoms. The van der Waals surface area contributed by atoms with Crippen molar-refractivity contribution in [2.45, 2.75) is 0 Å². The standard InChI is InChI=1S/C13H7F3N2/c14-8-3-7(4-9(15)5-8)10-1-2-17-13-12(10)11(16)6-18-13/h1-6H,(H,17,18). The predicted octanol–water partition coefficient (Wildman–Crippen LogP) is 3.65. The van der Waals surface area contributed by atoms with Crippen LogP contribution in [0, 0.1) is 17.5 Å². The molecule has 0 fully saturated rings. The number of hydrogen-bond donors (Lipinski definition) is 1. The van der Waals surface area contributed by atoms with Crippen LogP contribution >= 0.6 is 0 Å². The Kier molecular flexibility index (Phi) is 2.33. The van der Waals surface area contributed by atoms with Crippen LogP contribution in [-0.4, -0.2) is 9.97 Å². The topological polar surface area (TPSA) is 28.7 Å². The number of halogens is 3. The van der Waals surface area contributed by atoms with Gasteiger partial charge >= 0.3 is 0 Å². The molecule has 3 aromatic rings. The van der Waals surface area contributed by atoms with Crippen molar-refractivity contribution in [1.82, 2.24) is 9.97 Å². The minimum Gasteiger partial charge on any atom is -0.343 e. The van der Waals surface area contributed by atoms with Crippen molar-refractivity contribution in [3.63, 3.8) is 0 Å². The van der Waals surface area contributed by atoms with E-state index >= 15 is 0 Å². The molecule has 0 saturated carbocycles. The minimum atomic E-state index is -0.703. The number of fused-ring (bicyclic) bond motifs is 1. The lowest BCUT2D eigenvalue weighted by atomic mass is 10.0. The van der Waals surface area contributed by atoms with E-state index in [4.69, 9.17) is 0 Å². The van der Waals surface area contributed by atoms with E-state index in [0.29, 0.717) is 11.2 Å². The highest BCUT2D eigenvalue weighted by molar-refractivity contribution is 5.93. The zero-order chi connectivity index (χ0) is 12.7. The normalized spacial score (nSPS) is 11.1. The zero-order valence-electron chi connectivity index (χ0n) is 9.05. The van der Waals surface area contributed by atoms with Gasteiger partial charge in [0, 0.05) is 18.5 Å². The largest absolute Gasteiger partial charge is 0.343 e. The lowest BCUT2D eigenvalue weighted by molar-refractivity contribution is 0.584. The summed E-state index contributed by atoms with van der Waals surface area (Å²) in [4.78, 5) is 6.60. The second kappa shape index (κ2) is 3.87. The Bertz CT molecular complexity index is 714. The Hall–Kier alpha value is -2.30. The first-order valence-corrected chi connectivity index (χ1v) is 5.23. The lowest BCUT2D eigenvalue weighted by Gasteiger charge is -2.04. The van der Waals surface area contributed by atoms with E-state index < -0.39 is 17.5 Å². The van der Waals surface area contributed by atoms with Crippen LogP contribution in [0.5, 0.6) is 0 Å². The number of benzene rings is 1. The number of aromatic nitrogens is 2. The second-order valence-electron chi connectivity index (χ2n) is 3.88. The smallest absolute Gasteiger partial charge is 0.150 e. The van der Waals surface area contributed by atoms with Crippen molar-refractivity contribution in [2.75, 3.05) is 0 Å². The number of nitrogens with one attached hydrogen (secondary N) is 1. The maximum atomic E-state index is 13.6. The summed E-state index contributed by atoms with van der Waals surface area (Å²) in [6.07, 6.45) is 2.62. The Labute approximate surface area is 100 Å². The SMILES string of the molecule is Fc1cc(F)cc(-c2ccnc3[nH]cc(F)c23)c1. The number of aromatic amines is 1. The van der Waals surface area contributed by atoms with E-state index in [1.807, 2.05) is 0 Å². The van der Waals surface area contributed by atoms with E-state index in [2.05, 4.69) is 9.97 Å². The van der Waals surface area contributed by atoms with Gasteiger partial charge in [0.05, 0.1) is 5.39 Å². The van der Waals surface area contributed by atoms with Crippen molar-refractivity contribution in [3.05, 3.63) is 54.1 Å². The molecule has 0 aliphatic heterocycles. The third-order valence-electron chi connectivity index (χ3n) is 2.70. The Morgan fingerprint density at radius 2 is 1.72 bits per heavy atom. The Morgan fingerprint density at radius 1 is 1.00 bits per heavy atom. The summed E-state index contributed by atoms with van der Waals surface area (Å²) in [5.41, 5.74) is 1.02. The molecular weight excluding hydrogens is 241 g/mol. The van der Waals surface area contributed by atoms with Crippen molar-refractivity contribution >= 4 is 11.0 Å². The summed E-state index contributed by atoms with van der Waals surface area (Å²) in [7, 11) is 0. The molecule has 0 aliphatic rings. The number of nitrogens with zero attached hydrogens (tertiary/aromatic N) is 1. The highest BCUT2D eigenvalue weighted by atomic mass is 19.1. The lowest BCUT2D eigenvalue weighted by Crippen LogP contribution is -1.87. The minimum absolute atomic E-state index is 0.225. The first kappa shape index (κ1) is 10.8. The highest BCUT2D eigenvalue weighted by Crippen LogP contribution is 2.29. The van der Waals surface area contributed by atoms with Crippen LogP contribution in [0.2, 0.25) is 0 Å². The van der Waals surface area contributed by atoms with Gasteiger partial charge in [-0.05, 0) is 29.3 Å². The van der Waals surface area contributed by atoms with Crippen LogP contribution in [0.1, 0.15) is 0 Å². The van der Waals surface area contributed by atoms with Gasteiger partial charge in [0.2, 0.25) is 0 Å². The van der Waals surface area contributed by atoms with Gasteiger partial charge in [0.15, 0.2) is 5.82 Å². The maximum Gasteiger partial charge on any atom is 0.150 e. The summed E-state index contributed by atoms with van der Waals surface area (Å²) in [6.45, 7) is 0. The molecule has 1 aromatic carbocycles. The molecular formula is C13H7F3N2. The summed E-state index contributed by atoms with van der Waals surface area (Å²) in [5.74, 6) is -1.91. The van der Waals surface area contributed by atoms with E-state index in [0.717, 1.165) is 24.4 Å².